The molecule has 1 N–H and O–H groups in total. The number of carbonyl (C=O) groups excluding carboxylic acids is 1. The third kappa shape index (κ3) is 1.68. The first-order valence-corrected chi connectivity index (χ1v) is 4.81. The third-order valence-corrected chi connectivity index (χ3v) is 2.38. The van der Waals surface area contributed by atoms with Crippen LogP contribution in [-0.4, -0.2) is 17.9 Å². The summed E-state index contributed by atoms with van der Waals surface area (Å²) < 4.78 is 0. The molecule has 0 unspecified atom stereocenters. The zero-order valence-electron chi connectivity index (χ0n) is 8.74. The average Bonchev–Trinajstić information content (AvgIpc) is 2.28. The average molecular weight is 200 g/mol. The van der Waals surface area contributed by atoms with Crippen LogP contribution in [0, 0.1) is 6.92 Å². The lowest BCUT2D eigenvalue weighted by Crippen LogP contribution is -2.19. The van der Waals surface area contributed by atoms with E-state index in [1.807, 2.05) is 31.2 Å². The van der Waals surface area contributed by atoms with Gasteiger partial charge in [-0.3, -0.25) is 4.79 Å². The van der Waals surface area contributed by atoms with E-state index in [-0.39, 0.29) is 5.91 Å². The minimum Gasteiger partial charge on any atom is -0.354 e. The Kier molecular flexibility index (Phi) is 2.37. The van der Waals surface area contributed by atoms with Crippen molar-refractivity contribution in [3.8, 4) is 0 Å². The number of aryl methyl sites for hydroxylation is 1. The smallest absolute Gasteiger partial charge is 0.269 e. The van der Waals surface area contributed by atoms with Gasteiger partial charge in [-0.2, -0.15) is 0 Å². The molecule has 2 aromatic rings. The number of pyridine rings is 1. The van der Waals surface area contributed by atoms with Gasteiger partial charge in [-0.1, -0.05) is 24.3 Å². The topological polar surface area (TPSA) is 42.0 Å². The Morgan fingerprint density at radius 3 is 2.80 bits per heavy atom. The van der Waals surface area contributed by atoms with Gasteiger partial charge in [-0.05, 0) is 18.6 Å². The summed E-state index contributed by atoms with van der Waals surface area (Å²) in [6.45, 7) is 1.99. The zero-order chi connectivity index (χ0) is 10.8. The van der Waals surface area contributed by atoms with Crippen molar-refractivity contribution < 1.29 is 4.79 Å². The molecule has 0 saturated carbocycles. The van der Waals surface area contributed by atoms with Gasteiger partial charge in [0, 0.05) is 12.4 Å². The molecule has 1 aromatic carbocycles. The molecule has 3 nitrogen and oxygen atoms in total. The summed E-state index contributed by atoms with van der Waals surface area (Å²) in [5.41, 5.74) is 2.43. The molecule has 0 aliphatic carbocycles. The highest BCUT2D eigenvalue weighted by Crippen LogP contribution is 2.16. The lowest BCUT2D eigenvalue weighted by atomic mass is 10.1. The predicted molar refractivity (Wildman–Crippen MR) is 59.9 cm³/mol. The van der Waals surface area contributed by atoms with Crippen molar-refractivity contribution in [2.45, 2.75) is 6.92 Å². The van der Waals surface area contributed by atoms with Crippen LogP contribution in [0.5, 0.6) is 0 Å². The highest BCUT2D eigenvalue weighted by Gasteiger charge is 2.06. The third-order valence-electron chi connectivity index (χ3n) is 2.38. The minimum absolute atomic E-state index is 0.153. The van der Waals surface area contributed by atoms with Crippen molar-refractivity contribution in [2.75, 3.05) is 7.05 Å². The molecule has 76 valence electrons. The fraction of sp³-hybridized carbons (Fsp3) is 0.167. The van der Waals surface area contributed by atoms with Gasteiger partial charge in [0.25, 0.3) is 5.91 Å². The summed E-state index contributed by atoms with van der Waals surface area (Å²) in [6, 6.07) is 9.62. The van der Waals surface area contributed by atoms with Crippen LogP contribution in [0.15, 0.2) is 30.3 Å². The number of rotatable bonds is 1. The van der Waals surface area contributed by atoms with Crippen molar-refractivity contribution in [3.63, 3.8) is 0 Å². The summed E-state index contributed by atoms with van der Waals surface area (Å²) in [7, 11) is 1.60. The quantitative estimate of drug-likeness (QED) is 0.764. The van der Waals surface area contributed by atoms with Gasteiger partial charge in [0.1, 0.15) is 5.69 Å². The Morgan fingerprint density at radius 1 is 1.27 bits per heavy atom. The highest BCUT2D eigenvalue weighted by molar-refractivity contribution is 5.95. The van der Waals surface area contributed by atoms with Gasteiger partial charge >= 0.3 is 0 Å². The number of hydrogen-bond donors (Lipinski definition) is 1. The Morgan fingerprint density at radius 2 is 2.07 bits per heavy atom. The first kappa shape index (κ1) is 9.65. The summed E-state index contributed by atoms with van der Waals surface area (Å²) >= 11 is 0. The molecule has 0 atom stereocenters. The molecule has 0 spiro atoms. The first-order chi connectivity index (χ1) is 7.22. The molecule has 2 rings (SSSR count). The number of fused-ring (bicyclic) bond motifs is 1. The summed E-state index contributed by atoms with van der Waals surface area (Å²) in [5.74, 6) is -0.153. The van der Waals surface area contributed by atoms with E-state index >= 15 is 0 Å². The first-order valence-electron chi connectivity index (χ1n) is 4.81. The summed E-state index contributed by atoms with van der Waals surface area (Å²) in [4.78, 5) is 15.7. The van der Waals surface area contributed by atoms with Crippen molar-refractivity contribution >= 4 is 16.8 Å². The van der Waals surface area contributed by atoms with Crippen LogP contribution < -0.4 is 5.32 Å². The van der Waals surface area contributed by atoms with Crippen molar-refractivity contribution in [1.29, 1.82) is 0 Å². The van der Waals surface area contributed by atoms with Crippen molar-refractivity contribution in [3.05, 3.63) is 41.6 Å². The molecule has 0 aliphatic rings. The largest absolute Gasteiger partial charge is 0.354 e. The molecular formula is C12H12N2O. The van der Waals surface area contributed by atoms with E-state index < -0.39 is 0 Å². The van der Waals surface area contributed by atoms with E-state index in [9.17, 15) is 4.79 Å². The lowest BCUT2D eigenvalue weighted by Gasteiger charge is -2.03. The summed E-state index contributed by atoms with van der Waals surface area (Å²) in [5, 5.41) is 3.62. The molecule has 0 aliphatic heterocycles. The van der Waals surface area contributed by atoms with Gasteiger partial charge in [-0.15, -0.1) is 0 Å². The van der Waals surface area contributed by atoms with Crippen LogP contribution in [0.1, 0.15) is 16.1 Å². The van der Waals surface area contributed by atoms with Crippen molar-refractivity contribution in [1.82, 2.24) is 10.3 Å². The van der Waals surface area contributed by atoms with Gasteiger partial charge < -0.3 is 5.32 Å². The van der Waals surface area contributed by atoms with E-state index in [0.29, 0.717) is 5.69 Å². The Labute approximate surface area is 88.1 Å². The van der Waals surface area contributed by atoms with E-state index in [0.717, 1.165) is 16.5 Å². The van der Waals surface area contributed by atoms with Crippen LogP contribution in [0.3, 0.4) is 0 Å². The van der Waals surface area contributed by atoms with E-state index in [2.05, 4.69) is 10.3 Å². The predicted octanol–water partition coefficient (Wildman–Crippen LogP) is 1.90. The number of amides is 1. The normalized spacial score (nSPS) is 10.3. The second kappa shape index (κ2) is 3.69. The number of nitrogens with zero attached hydrogens (tertiary/aromatic N) is 1. The molecule has 0 bridgehead atoms. The molecular weight excluding hydrogens is 188 g/mol. The number of para-hydroxylation sites is 1. The van der Waals surface area contributed by atoms with Crippen LogP contribution >= 0.6 is 0 Å². The fourth-order valence-corrected chi connectivity index (χ4v) is 1.55. The van der Waals surface area contributed by atoms with Crippen LogP contribution in [-0.2, 0) is 0 Å². The number of aromatic nitrogens is 1. The molecule has 1 aromatic heterocycles. The molecule has 3 heteroatoms. The molecule has 15 heavy (non-hydrogen) atoms. The van der Waals surface area contributed by atoms with Crippen molar-refractivity contribution in [2.24, 2.45) is 0 Å². The Hall–Kier alpha value is -1.90. The van der Waals surface area contributed by atoms with Gasteiger partial charge in [-0.25, -0.2) is 4.98 Å². The maximum absolute atomic E-state index is 11.4. The minimum atomic E-state index is -0.153. The highest BCUT2D eigenvalue weighted by atomic mass is 16.1. The number of hydrogen-bond acceptors (Lipinski definition) is 2. The number of benzene rings is 1. The standard InChI is InChI=1S/C12H12N2O/c1-8-4-3-5-9-6-7-10(12(15)13-2)14-11(8)9/h3-7H,1-2H3,(H,13,15). The Bertz CT molecular complexity index is 520. The SMILES string of the molecule is CNC(=O)c1ccc2cccc(C)c2n1. The molecule has 0 saturated heterocycles. The van der Waals surface area contributed by atoms with Gasteiger partial charge in [0.2, 0.25) is 0 Å². The van der Waals surface area contributed by atoms with Crippen LogP contribution in [0.4, 0.5) is 0 Å². The zero-order valence-corrected chi connectivity index (χ0v) is 8.74. The monoisotopic (exact) mass is 200 g/mol. The van der Waals surface area contributed by atoms with Gasteiger partial charge in [0.05, 0.1) is 5.52 Å². The van der Waals surface area contributed by atoms with E-state index in [1.54, 1.807) is 13.1 Å². The van der Waals surface area contributed by atoms with Crippen LogP contribution in [0.25, 0.3) is 10.9 Å². The maximum atomic E-state index is 11.4. The molecule has 0 fully saturated rings. The lowest BCUT2D eigenvalue weighted by molar-refractivity contribution is 0.0958. The molecule has 0 radical (unpaired) electrons. The Balaban J connectivity index is 2.64. The molecule has 1 heterocycles. The van der Waals surface area contributed by atoms with Crippen LogP contribution in [0.2, 0.25) is 0 Å². The van der Waals surface area contributed by atoms with Gasteiger partial charge in [0.15, 0.2) is 0 Å². The second-order valence-corrected chi connectivity index (χ2v) is 3.42. The van der Waals surface area contributed by atoms with E-state index in [4.69, 9.17) is 0 Å². The maximum Gasteiger partial charge on any atom is 0.269 e. The molecule has 1 amide bonds. The summed E-state index contributed by atoms with van der Waals surface area (Å²) in [6.07, 6.45) is 0. The number of carbonyl (C=O) groups is 1. The fourth-order valence-electron chi connectivity index (χ4n) is 1.55. The van der Waals surface area contributed by atoms with E-state index in [1.165, 1.54) is 0 Å². The number of nitrogens with one attached hydrogen (secondary N) is 1. The second-order valence-electron chi connectivity index (χ2n) is 3.42.